The molecular weight excluding hydrogens is 593 g/mol. The van der Waals surface area contributed by atoms with Crippen LogP contribution < -0.4 is 14.9 Å². The van der Waals surface area contributed by atoms with Crippen LogP contribution in [0.25, 0.3) is 0 Å². The van der Waals surface area contributed by atoms with Gasteiger partial charge < -0.3 is 14.4 Å². The summed E-state index contributed by atoms with van der Waals surface area (Å²) in [5, 5.41) is 1.34. The van der Waals surface area contributed by atoms with E-state index in [1.165, 1.54) is 44.4 Å². The highest BCUT2D eigenvalue weighted by Gasteiger charge is 2.38. The van der Waals surface area contributed by atoms with Gasteiger partial charge >= 0.3 is 0 Å². The topological polar surface area (TPSA) is 21.7 Å². The third-order valence-corrected chi connectivity index (χ3v) is 11.5. The molecule has 2 unspecified atom stereocenters. The first-order valence-corrected chi connectivity index (χ1v) is 18.3. The van der Waals surface area contributed by atoms with Crippen LogP contribution in [0.1, 0.15) is 108 Å². The van der Waals surface area contributed by atoms with Crippen molar-refractivity contribution in [2.24, 2.45) is 0 Å². The molecule has 47 heavy (non-hydrogen) atoms. The molecule has 2 atom stereocenters. The zero-order chi connectivity index (χ0) is 34.2. The number of hydrogen-bond donors (Lipinski definition) is 0. The van der Waals surface area contributed by atoms with Crippen LogP contribution in [0.15, 0.2) is 91.0 Å². The van der Waals surface area contributed by atoms with E-state index in [4.69, 9.17) is 9.47 Å². The van der Waals surface area contributed by atoms with Gasteiger partial charge in [0.05, 0.1) is 0 Å². The Bertz CT molecular complexity index is 1530. The fraction of sp³-hybridized carbons (Fsp3) is 0.442. The minimum Gasteiger partial charge on any atom is -0.467 e. The molecule has 0 saturated heterocycles. The Kier molecular flexibility index (Phi) is 12.4. The van der Waals surface area contributed by atoms with Crippen molar-refractivity contribution in [2.75, 3.05) is 18.8 Å². The van der Waals surface area contributed by atoms with Gasteiger partial charge in [-0.1, -0.05) is 155 Å². The van der Waals surface area contributed by atoms with Crippen molar-refractivity contribution in [3.8, 4) is 5.75 Å². The third-order valence-electron chi connectivity index (χ3n) is 9.27. The van der Waals surface area contributed by atoms with E-state index in [2.05, 4.69) is 158 Å². The second-order valence-corrected chi connectivity index (χ2v) is 16.8. The maximum atomic E-state index is 6.64. The molecular formula is C43H58NO2P. The lowest BCUT2D eigenvalue weighted by atomic mass is 9.76. The molecule has 4 aromatic rings. The van der Waals surface area contributed by atoms with Crippen LogP contribution in [-0.4, -0.2) is 13.9 Å². The van der Waals surface area contributed by atoms with E-state index in [0.29, 0.717) is 8.58 Å². The Morgan fingerprint density at radius 3 is 1.77 bits per heavy atom. The molecule has 0 amide bonds. The van der Waals surface area contributed by atoms with Gasteiger partial charge in [0, 0.05) is 42.2 Å². The van der Waals surface area contributed by atoms with E-state index in [0.717, 1.165) is 38.1 Å². The van der Waals surface area contributed by atoms with Crippen molar-refractivity contribution in [1.82, 2.24) is 0 Å². The number of aryl methyl sites for hydroxylation is 1. The molecule has 0 aliphatic rings. The first kappa shape index (κ1) is 36.7. The van der Waals surface area contributed by atoms with Gasteiger partial charge in [0.2, 0.25) is 0 Å². The molecule has 0 aliphatic heterocycles. The van der Waals surface area contributed by atoms with Crippen molar-refractivity contribution < 1.29 is 9.47 Å². The first-order valence-electron chi connectivity index (χ1n) is 17.3. The molecule has 0 fully saturated rings. The Labute approximate surface area is 287 Å². The molecule has 4 heteroatoms. The zero-order valence-electron chi connectivity index (χ0n) is 30.7. The highest BCUT2D eigenvalue weighted by molar-refractivity contribution is 7.49. The summed E-state index contributed by atoms with van der Waals surface area (Å²) in [5.41, 5.74) is 9.17. The summed E-state index contributed by atoms with van der Waals surface area (Å²) in [6.45, 7) is 22.8. The molecule has 0 saturated carbocycles. The molecule has 4 aromatic carbocycles. The minimum atomic E-state index is -0.106. The average Bonchev–Trinajstić information content (AvgIpc) is 3.04. The normalized spacial score (nSPS) is 13.6. The van der Waals surface area contributed by atoms with E-state index in [9.17, 15) is 0 Å². The highest BCUT2D eigenvalue weighted by atomic mass is 31.1. The fourth-order valence-electron chi connectivity index (χ4n) is 6.55. The zero-order valence-corrected chi connectivity index (χ0v) is 31.7. The van der Waals surface area contributed by atoms with Gasteiger partial charge in [-0.05, 0) is 64.2 Å². The van der Waals surface area contributed by atoms with Crippen LogP contribution in [-0.2, 0) is 33.8 Å². The smallest absolute Gasteiger partial charge is 0.188 e. The first-order chi connectivity index (χ1) is 22.3. The van der Waals surface area contributed by atoms with E-state index >= 15 is 0 Å². The van der Waals surface area contributed by atoms with Crippen molar-refractivity contribution in [1.29, 1.82) is 0 Å². The summed E-state index contributed by atoms with van der Waals surface area (Å²) in [4.78, 5) is 2.58. The van der Waals surface area contributed by atoms with Crippen LogP contribution in [0, 0.1) is 6.92 Å². The molecule has 3 nitrogen and oxygen atoms in total. The van der Waals surface area contributed by atoms with Gasteiger partial charge in [-0.25, -0.2) is 0 Å². The number of methoxy groups -OCH3 is 1. The van der Waals surface area contributed by atoms with Crippen LogP contribution >= 0.6 is 8.58 Å². The van der Waals surface area contributed by atoms with E-state index < -0.39 is 0 Å². The summed E-state index contributed by atoms with van der Waals surface area (Å²) in [7, 11) is 2.28. The number of ether oxygens (including phenoxy) is 2. The summed E-state index contributed by atoms with van der Waals surface area (Å²) in [6.07, 6.45) is 3.19. The van der Waals surface area contributed by atoms with Crippen LogP contribution in [0.3, 0.4) is 0 Å². The van der Waals surface area contributed by atoms with Crippen molar-refractivity contribution in [2.45, 2.75) is 111 Å². The van der Waals surface area contributed by atoms with E-state index in [-0.39, 0.29) is 22.8 Å². The quantitative estimate of drug-likeness (QED) is 0.100. The highest BCUT2D eigenvalue weighted by Crippen LogP contribution is 2.55. The van der Waals surface area contributed by atoms with Gasteiger partial charge in [-0.15, -0.1) is 0 Å². The summed E-state index contributed by atoms with van der Waals surface area (Å²) in [6, 6.07) is 33.5. The second kappa shape index (κ2) is 15.8. The molecule has 0 aliphatic carbocycles. The maximum absolute atomic E-state index is 6.64. The van der Waals surface area contributed by atoms with Crippen molar-refractivity contribution >= 4 is 19.6 Å². The second-order valence-electron chi connectivity index (χ2n) is 15.1. The Balaban J connectivity index is 1.96. The number of rotatable bonds is 14. The molecule has 0 radical (unpaired) electrons. The number of anilines is 1. The van der Waals surface area contributed by atoms with Gasteiger partial charge in [-0.3, -0.25) is 0 Å². The Morgan fingerprint density at radius 2 is 1.28 bits per heavy atom. The third kappa shape index (κ3) is 9.07. The van der Waals surface area contributed by atoms with Crippen LogP contribution in [0.5, 0.6) is 5.75 Å². The lowest BCUT2D eigenvalue weighted by molar-refractivity contribution is 0.0485. The van der Waals surface area contributed by atoms with Gasteiger partial charge in [0.1, 0.15) is 5.75 Å². The van der Waals surface area contributed by atoms with Crippen molar-refractivity contribution in [3.63, 3.8) is 0 Å². The Morgan fingerprint density at radius 1 is 0.702 bits per heavy atom. The standard InChI is InChI=1S/C43H58NO2P/c1-11-26-43(12-2,37-28-35(41(4,5)6)27-36(42(7,8)9)39(37)46-31-45-10)47-40-32(3)20-19-25-38(40)44(29-33-21-15-13-16-22-33)30-34-23-17-14-18-24-34/h13-25,27-28,47H,11-12,26,29-31H2,1-10H3. The van der Waals surface area contributed by atoms with Crippen LogP contribution in [0.4, 0.5) is 5.69 Å². The fourth-order valence-corrected chi connectivity index (χ4v) is 8.55. The number of nitrogens with zero attached hydrogens (tertiary/aromatic N) is 1. The number of benzene rings is 4. The summed E-state index contributed by atoms with van der Waals surface area (Å²) < 4.78 is 12.2. The molecule has 0 heterocycles. The molecule has 0 bridgehead atoms. The predicted octanol–water partition coefficient (Wildman–Crippen LogP) is 11.2. The molecule has 0 spiro atoms. The largest absolute Gasteiger partial charge is 0.467 e. The van der Waals surface area contributed by atoms with Crippen LogP contribution in [0.2, 0.25) is 0 Å². The lowest BCUT2D eigenvalue weighted by Gasteiger charge is -2.40. The molecule has 252 valence electrons. The number of hydrogen-bond acceptors (Lipinski definition) is 3. The van der Waals surface area contributed by atoms with E-state index in [1.807, 2.05) is 0 Å². The predicted molar refractivity (Wildman–Crippen MR) is 205 cm³/mol. The lowest BCUT2D eigenvalue weighted by Crippen LogP contribution is -2.31. The monoisotopic (exact) mass is 651 g/mol. The minimum absolute atomic E-state index is 0.000661. The summed E-state index contributed by atoms with van der Waals surface area (Å²) >= 11 is 0. The SMILES string of the molecule is CCCC(CC)(Pc1c(C)cccc1N(Cc1ccccc1)Cc1ccccc1)c1cc(C(C)(C)C)cc(C(C)(C)C)c1OCOC. The molecule has 0 aromatic heterocycles. The van der Waals surface area contributed by atoms with Gasteiger partial charge in [0.25, 0.3) is 0 Å². The maximum Gasteiger partial charge on any atom is 0.188 e. The average molecular weight is 652 g/mol. The van der Waals surface area contributed by atoms with Gasteiger partial charge in [0.15, 0.2) is 6.79 Å². The van der Waals surface area contributed by atoms with E-state index in [1.54, 1.807) is 7.11 Å². The van der Waals surface area contributed by atoms with Gasteiger partial charge in [-0.2, -0.15) is 0 Å². The summed E-state index contributed by atoms with van der Waals surface area (Å²) in [5.74, 6) is 1.01. The van der Waals surface area contributed by atoms with Crippen molar-refractivity contribution in [3.05, 3.63) is 124 Å². The molecule has 4 rings (SSSR count). The Hall–Kier alpha value is -3.13. The molecule has 0 N–H and O–H groups in total.